The van der Waals surface area contributed by atoms with Crippen LogP contribution in [-0.2, 0) is 0 Å². The van der Waals surface area contributed by atoms with Gasteiger partial charge in [-0.15, -0.1) is 0 Å². The van der Waals surface area contributed by atoms with Crippen molar-refractivity contribution in [1.82, 2.24) is 2.84 Å². The first-order chi connectivity index (χ1) is 4.81. The molecular formula is C8H20BiN. The van der Waals surface area contributed by atoms with Crippen LogP contribution in [0, 0.1) is 0 Å². The summed E-state index contributed by atoms with van der Waals surface area (Å²) in [7, 11) is 0. The van der Waals surface area contributed by atoms with Crippen LogP contribution in [0.4, 0.5) is 0 Å². The molecule has 0 N–H and O–H groups in total. The molecule has 0 aliphatic carbocycles. The first kappa shape index (κ1) is 10.8. The molecule has 0 bridgehead atoms. The van der Waals surface area contributed by atoms with Crippen molar-refractivity contribution < 1.29 is 0 Å². The van der Waals surface area contributed by atoms with E-state index < -0.39 is 0 Å². The van der Waals surface area contributed by atoms with Crippen LogP contribution in [0.25, 0.3) is 0 Å². The molecule has 0 amide bonds. The van der Waals surface area contributed by atoms with Gasteiger partial charge in [0.05, 0.1) is 0 Å². The third kappa shape index (κ3) is 6.96. The molecular weight excluding hydrogens is 319 g/mol. The third-order valence-electron chi connectivity index (χ3n) is 1.60. The van der Waals surface area contributed by atoms with Crippen LogP contribution in [0.5, 0.6) is 0 Å². The number of unbranched alkanes of at least 4 members (excludes halogenated alkanes) is 2. The van der Waals surface area contributed by atoms with Crippen molar-refractivity contribution in [3.05, 3.63) is 0 Å². The van der Waals surface area contributed by atoms with Crippen LogP contribution in [0.15, 0.2) is 0 Å². The summed E-state index contributed by atoms with van der Waals surface area (Å²) >= 11 is 1.06. The molecule has 0 unspecified atom stereocenters. The summed E-state index contributed by atoms with van der Waals surface area (Å²) in [4.78, 5) is 0. The number of hydrogen-bond acceptors (Lipinski definition) is 1. The Hall–Kier alpha value is 0.843. The zero-order valence-electron chi connectivity index (χ0n) is 7.27. The van der Waals surface area contributed by atoms with Crippen LogP contribution < -0.4 is 0 Å². The van der Waals surface area contributed by atoms with Gasteiger partial charge in [-0.05, 0) is 0 Å². The van der Waals surface area contributed by atoms with E-state index in [2.05, 4.69) is 16.7 Å². The summed E-state index contributed by atoms with van der Waals surface area (Å²) in [6.45, 7) is 7.22. The van der Waals surface area contributed by atoms with Crippen molar-refractivity contribution in [3.63, 3.8) is 0 Å². The summed E-state index contributed by atoms with van der Waals surface area (Å²) in [6, 6.07) is 0. The Labute approximate surface area is 80.4 Å². The maximum absolute atomic E-state index is 2.59. The minimum atomic E-state index is 1.06. The summed E-state index contributed by atoms with van der Waals surface area (Å²) in [5, 5.41) is 0. The number of nitrogens with zero attached hydrogens (tertiary/aromatic N) is 1. The Morgan fingerprint density at radius 2 is 1.40 bits per heavy atom. The molecule has 0 saturated heterocycles. The van der Waals surface area contributed by atoms with Crippen LogP contribution in [0.2, 0.25) is 0 Å². The second-order valence-electron chi connectivity index (χ2n) is 2.74. The molecule has 0 fully saturated rings. The van der Waals surface area contributed by atoms with Crippen molar-refractivity contribution in [3.8, 4) is 0 Å². The second-order valence-corrected chi connectivity index (χ2v) is 5.58. The Balaban J connectivity index is 3.00. The Kier molecular flexibility index (Phi) is 8.61. The maximum atomic E-state index is 2.59. The number of hydrogen-bond donors (Lipinski definition) is 0. The monoisotopic (exact) mass is 339 g/mol. The molecule has 62 valence electrons. The summed E-state index contributed by atoms with van der Waals surface area (Å²) in [5.74, 6) is 0. The number of rotatable bonds is 6. The van der Waals surface area contributed by atoms with Crippen LogP contribution in [0.1, 0.15) is 39.5 Å². The fourth-order valence-electron chi connectivity index (χ4n) is 0.834. The van der Waals surface area contributed by atoms with Gasteiger partial charge in [0.15, 0.2) is 0 Å². The van der Waals surface area contributed by atoms with E-state index in [0.717, 1.165) is 25.0 Å². The van der Waals surface area contributed by atoms with Gasteiger partial charge >= 0.3 is 80.5 Å². The molecule has 0 atom stereocenters. The van der Waals surface area contributed by atoms with Crippen LogP contribution in [0.3, 0.4) is 0 Å². The van der Waals surface area contributed by atoms with E-state index in [9.17, 15) is 0 Å². The summed E-state index contributed by atoms with van der Waals surface area (Å²) < 4.78 is 2.59. The van der Waals surface area contributed by atoms with Gasteiger partial charge in [-0.2, -0.15) is 0 Å². The molecule has 0 heterocycles. The molecule has 0 aliphatic heterocycles. The van der Waals surface area contributed by atoms with E-state index in [1.807, 2.05) is 0 Å². The molecule has 0 spiro atoms. The van der Waals surface area contributed by atoms with Gasteiger partial charge in [0, 0.05) is 0 Å². The predicted molar refractivity (Wildman–Crippen MR) is 49.9 cm³/mol. The van der Waals surface area contributed by atoms with Crippen molar-refractivity contribution in [2.75, 3.05) is 13.1 Å². The standard InChI is InChI=1S/C8H18N.Bi.2H/c1-3-5-7-9-8-6-4-2;;;/h3-8H2,1-2H3;;;/q-1;+1;;. The Morgan fingerprint density at radius 3 is 1.70 bits per heavy atom. The normalized spacial score (nSPS) is 10.8. The molecule has 0 aromatic heterocycles. The van der Waals surface area contributed by atoms with E-state index in [1.54, 1.807) is 0 Å². The molecule has 0 rings (SSSR count). The van der Waals surface area contributed by atoms with E-state index in [0.29, 0.717) is 0 Å². The average molecular weight is 339 g/mol. The van der Waals surface area contributed by atoms with E-state index in [1.165, 1.54) is 38.8 Å². The average Bonchev–Trinajstić information content (AvgIpc) is 1.97. The van der Waals surface area contributed by atoms with Crippen molar-refractivity contribution in [1.29, 1.82) is 0 Å². The minimum absolute atomic E-state index is 1.06. The zero-order valence-corrected chi connectivity index (χ0v) is 11.8. The third-order valence-corrected chi connectivity index (χ3v) is 3.61. The molecule has 10 heavy (non-hydrogen) atoms. The summed E-state index contributed by atoms with van der Waals surface area (Å²) in [5.41, 5.74) is 0. The van der Waals surface area contributed by atoms with Gasteiger partial charge < -0.3 is 0 Å². The molecule has 0 radical (unpaired) electrons. The van der Waals surface area contributed by atoms with Gasteiger partial charge in [0.1, 0.15) is 0 Å². The van der Waals surface area contributed by atoms with Crippen LogP contribution >= 0.6 is 0 Å². The van der Waals surface area contributed by atoms with Gasteiger partial charge in [-0.3, -0.25) is 0 Å². The van der Waals surface area contributed by atoms with E-state index >= 15 is 0 Å². The van der Waals surface area contributed by atoms with E-state index in [4.69, 9.17) is 0 Å². The first-order valence-corrected chi connectivity index (χ1v) is 6.31. The van der Waals surface area contributed by atoms with Gasteiger partial charge in [0.25, 0.3) is 0 Å². The van der Waals surface area contributed by atoms with E-state index in [-0.39, 0.29) is 0 Å². The van der Waals surface area contributed by atoms with Crippen molar-refractivity contribution in [2.45, 2.75) is 39.5 Å². The van der Waals surface area contributed by atoms with Crippen molar-refractivity contribution >= 4 is 25.0 Å². The topological polar surface area (TPSA) is 3.24 Å². The second kappa shape index (κ2) is 7.94. The first-order valence-electron chi connectivity index (χ1n) is 4.30. The molecule has 0 saturated carbocycles. The Bertz CT molecular complexity index is 58.3. The predicted octanol–water partition coefficient (Wildman–Crippen LogP) is 1.44. The SMILES string of the molecule is CCCC[N]([BiH2])CCCC. The van der Waals surface area contributed by atoms with Gasteiger partial charge in [-0.25, -0.2) is 0 Å². The van der Waals surface area contributed by atoms with Gasteiger partial charge in [0.2, 0.25) is 0 Å². The molecule has 0 aliphatic rings. The van der Waals surface area contributed by atoms with Gasteiger partial charge in [-0.1, -0.05) is 0 Å². The fourth-order valence-corrected chi connectivity index (χ4v) is 2.25. The molecule has 0 aromatic carbocycles. The molecule has 1 nitrogen and oxygen atoms in total. The zero-order chi connectivity index (χ0) is 7.82. The van der Waals surface area contributed by atoms with Crippen LogP contribution in [-0.4, -0.2) is 40.9 Å². The van der Waals surface area contributed by atoms with Crippen molar-refractivity contribution in [2.24, 2.45) is 0 Å². The molecule has 2 heteroatoms. The fraction of sp³-hybridized carbons (Fsp3) is 1.00. The molecule has 0 aromatic rings. The Morgan fingerprint density at radius 1 is 1.00 bits per heavy atom. The quantitative estimate of drug-likeness (QED) is 0.662. The summed E-state index contributed by atoms with van der Waals surface area (Å²) in [6.07, 6.45) is 5.46.